The van der Waals surface area contributed by atoms with E-state index in [4.69, 9.17) is 18.4 Å². The minimum atomic E-state index is -2.94. The highest BCUT2D eigenvalue weighted by Crippen LogP contribution is 2.60. The van der Waals surface area contributed by atoms with Crippen LogP contribution in [0.15, 0.2) is 81.0 Å². The lowest BCUT2D eigenvalue weighted by atomic mass is 9.58. The quantitative estimate of drug-likeness (QED) is 0.138. The van der Waals surface area contributed by atoms with Crippen LogP contribution in [0, 0.1) is 17.7 Å². The summed E-state index contributed by atoms with van der Waals surface area (Å²) in [4.78, 5) is 34.8. The topological polar surface area (TPSA) is 115 Å². The van der Waals surface area contributed by atoms with Crippen molar-refractivity contribution in [1.29, 1.82) is 0 Å². The number of carbonyl (C=O) groups excluding carboxylic acids is 2. The molecule has 1 heterocycles. The Morgan fingerprint density at radius 1 is 0.966 bits per heavy atom. The maximum Gasteiger partial charge on any atom is 0.265 e. The number of hydrogen-bond acceptors (Lipinski definition) is 10. The average molecular weight is 875 g/mol. The van der Waals surface area contributed by atoms with Crippen LogP contribution in [0.5, 0.6) is 11.6 Å². The Kier molecular flexibility index (Phi) is 11.4. The fraction of sp³-hybridized carbons (Fsp3) is 0.444. The van der Waals surface area contributed by atoms with Gasteiger partial charge < -0.3 is 28.4 Å². The first-order valence-corrected chi connectivity index (χ1v) is 23.5. The predicted octanol–water partition coefficient (Wildman–Crippen LogP) is 9.29. The van der Waals surface area contributed by atoms with Crippen molar-refractivity contribution in [2.45, 2.75) is 83.0 Å². The SMILES string of the molecule is CN(C)CCc1c(F)c2c(c(OCc3ccccc3)c1Br)C(=O)C1=C(O)[C@]3(O[Si](C)(C)C(C)(C)C)C(=O)c4c(OCc5ccccc5)noc4[C@@H](N(C)C)[C@@H]3C[C@@H]1C2. The van der Waals surface area contributed by atoms with E-state index in [0.29, 0.717) is 28.8 Å². The molecule has 13 heteroatoms. The lowest BCUT2D eigenvalue weighted by Crippen LogP contribution is -2.65. The van der Waals surface area contributed by atoms with Gasteiger partial charge in [-0.2, -0.15) is 0 Å². The van der Waals surface area contributed by atoms with Crippen LogP contribution >= 0.6 is 15.9 Å². The van der Waals surface area contributed by atoms with E-state index in [0.717, 1.165) is 11.1 Å². The standard InChI is InChI=1S/C45H53BrFN3O7Si/c1-44(2,3)58(8,9)57-45-31(37(50(6)7)40-34(42(45)53)43(48-56-40)55-25-27-18-14-11-15-19-27)23-28-22-30-33(38(51)32(28)41(45)52)39(54-24-26-16-12-10-13-17-26)35(46)29(36(30)47)20-21-49(4)5/h10-19,28,31,37,52H,20-25H2,1-9H3/t28-,31-,37-,45-/m0/s1. The fourth-order valence-corrected chi connectivity index (χ4v) is 10.6. The normalized spacial score (nSPS) is 21.8. The molecule has 0 saturated carbocycles. The fourth-order valence-electron chi connectivity index (χ4n) is 8.48. The van der Waals surface area contributed by atoms with Gasteiger partial charge in [0.05, 0.1) is 16.1 Å². The first-order valence-electron chi connectivity index (χ1n) is 19.8. The maximum absolute atomic E-state index is 17.0. The van der Waals surface area contributed by atoms with E-state index in [2.05, 4.69) is 41.9 Å². The number of hydrogen-bond donors (Lipinski definition) is 1. The summed E-state index contributed by atoms with van der Waals surface area (Å²) in [6.45, 7) is 11.0. The van der Waals surface area contributed by atoms with Crippen LogP contribution in [-0.4, -0.2) is 80.3 Å². The number of allylic oxidation sites excluding steroid dienone is 1. The van der Waals surface area contributed by atoms with E-state index in [1.54, 1.807) is 0 Å². The predicted molar refractivity (Wildman–Crippen MR) is 225 cm³/mol. The first-order chi connectivity index (χ1) is 27.4. The van der Waals surface area contributed by atoms with Crippen LogP contribution in [0.2, 0.25) is 18.1 Å². The van der Waals surface area contributed by atoms with Crippen LogP contribution in [0.1, 0.15) is 82.0 Å². The van der Waals surface area contributed by atoms with Gasteiger partial charge in [-0.1, -0.05) is 81.4 Å². The smallest absolute Gasteiger partial charge is 0.265 e. The molecule has 0 amide bonds. The molecule has 308 valence electrons. The minimum absolute atomic E-state index is 0.0135. The third-order valence-electron chi connectivity index (χ3n) is 12.5. The van der Waals surface area contributed by atoms with Gasteiger partial charge in [0.2, 0.25) is 5.78 Å². The van der Waals surface area contributed by atoms with Gasteiger partial charge in [-0.15, -0.1) is 0 Å². The summed E-state index contributed by atoms with van der Waals surface area (Å²) in [6, 6.07) is 18.4. The second kappa shape index (κ2) is 15.8. The van der Waals surface area contributed by atoms with E-state index in [9.17, 15) is 5.11 Å². The number of likely N-dealkylation sites (N-methyl/N-ethyl adjacent to an activating group) is 1. The van der Waals surface area contributed by atoms with Crippen LogP contribution in [0.4, 0.5) is 4.39 Å². The molecule has 0 radical (unpaired) electrons. The molecule has 3 aliphatic carbocycles. The Labute approximate surface area is 349 Å². The number of carbonyl (C=O) groups is 2. The summed E-state index contributed by atoms with van der Waals surface area (Å²) in [7, 11) is 4.65. The van der Waals surface area contributed by atoms with Gasteiger partial charge in [0.1, 0.15) is 36.1 Å². The number of halogens is 2. The lowest BCUT2D eigenvalue weighted by Gasteiger charge is -2.55. The number of ether oxygens (including phenoxy) is 2. The molecule has 0 aliphatic heterocycles. The number of fused-ring (bicyclic) bond motifs is 4. The van der Waals surface area contributed by atoms with Gasteiger partial charge in [-0.05, 0) is 104 Å². The Hall–Kier alpha value is -4.14. The van der Waals surface area contributed by atoms with E-state index < -0.39 is 60.0 Å². The van der Waals surface area contributed by atoms with Gasteiger partial charge in [-0.3, -0.25) is 14.5 Å². The zero-order chi connectivity index (χ0) is 41.9. The molecule has 4 aromatic rings. The van der Waals surface area contributed by atoms with Crippen LogP contribution in [-0.2, 0) is 30.5 Å². The average Bonchev–Trinajstić information content (AvgIpc) is 3.58. The number of aromatic nitrogens is 1. The molecule has 7 rings (SSSR count). The van der Waals surface area contributed by atoms with Crippen molar-refractivity contribution in [3.8, 4) is 11.6 Å². The van der Waals surface area contributed by atoms with Crippen molar-refractivity contribution < 1.29 is 37.5 Å². The Morgan fingerprint density at radius 3 is 2.14 bits per heavy atom. The van der Waals surface area contributed by atoms with Crippen molar-refractivity contribution in [2.24, 2.45) is 11.8 Å². The van der Waals surface area contributed by atoms with Crippen molar-refractivity contribution in [2.75, 3.05) is 34.7 Å². The molecule has 0 spiro atoms. The molecule has 0 saturated heterocycles. The molecule has 58 heavy (non-hydrogen) atoms. The highest BCUT2D eigenvalue weighted by atomic mass is 79.9. The van der Waals surface area contributed by atoms with Crippen LogP contribution < -0.4 is 9.47 Å². The van der Waals surface area contributed by atoms with Crippen molar-refractivity contribution in [3.05, 3.63) is 121 Å². The first kappa shape index (κ1) is 42.0. The highest BCUT2D eigenvalue weighted by molar-refractivity contribution is 9.10. The van der Waals surface area contributed by atoms with Gasteiger partial charge in [0.15, 0.2) is 25.5 Å². The van der Waals surface area contributed by atoms with Gasteiger partial charge in [-0.25, -0.2) is 4.39 Å². The number of Topliss-reactive ketones (excluding diaryl/α,β-unsaturated/α-hetero) is 2. The van der Waals surface area contributed by atoms with Crippen LogP contribution in [0.25, 0.3) is 0 Å². The number of rotatable bonds is 12. The maximum atomic E-state index is 17.0. The van der Waals surface area contributed by atoms with Crippen LogP contribution in [0.3, 0.4) is 0 Å². The van der Waals surface area contributed by atoms with Gasteiger partial charge in [0.25, 0.3) is 5.88 Å². The number of aliphatic hydroxyl groups excluding tert-OH is 1. The second-order valence-corrected chi connectivity index (χ2v) is 23.3. The van der Waals surface area contributed by atoms with Crippen molar-refractivity contribution in [3.63, 3.8) is 0 Å². The minimum Gasteiger partial charge on any atom is -0.508 e. The Morgan fingerprint density at radius 2 is 1.57 bits per heavy atom. The number of ketones is 2. The Bertz CT molecular complexity index is 2250. The second-order valence-electron chi connectivity index (χ2n) is 17.8. The molecule has 0 bridgehead atoms. The Balaban J connectivity index is 1.43. The molecule has 10 nitrogen and oxygen atoms in total. The molecule has 1 aromatic heterocycles. The molecule has 3 aromatic carbocycles. The molecular weight excluding hydrogens is 821 g/mol. The van der Waals surface area contributed by atoms with Crippen molar-refractivity contribution >= 4 is 35.8 Å². The molecule has 3 aliphatic rings. The van der Waals surface area contributed by atoms with E-state index in [1.807, 2.05) is 112 Å². The molecular formula is C45H53BrFN3O7Si. The third kappa shape index (κ3) is 7.16. The van der Waals surface area contributed by atoms with E-state index >= 15 is 14.0 Å². The summed E-state index contributed by atoms with van der Waals surface area (Å²) < 4.78 is 43.3. The monoisotopic (exact) mass is 873 g/mol. The zero-order valence-corrected chi connectivity index (χ0v) is 37.3. The molecule has 1 N–H and O–H groups in total. The van der Waals surface area contributed by atoms with E-state index in [-0.39, 0.29) is 59.9 Å². The van der Waals surface area contributed by atoms with Gasteiger partial charge >= 0.3 is 0 Å². The van der Waals surface area contributed by atoms with Crippen molar-refractivity contribution in [1.82, 2.24) is 15.0 Å². The summed E-state index contributed by atoms with van der Waals surface area (Å²) >= 11 is 3.66. The third-order valence-corrected chi connectivity index (χ3v) is 17.7. The zero-order valence-electron chi connectivity index (χ0n) is 34.7. The molecule has 4 atom stereocenters. The molecule has 0 fully saturated rings. The summed E-state index contributed by atoms with van der Waals surface area (Å²) in [5, 5.41) is 16.9. The lowest BCUT2D eigenvalue weighted by molar-refractivity contribution is -0.0481. The molecule has 0 unspecified atom stereocenters. The highest BCUT2D eigenvalue weighted by Gasteiger charge is 2.67. The summed E-state index contributed by atoms with van der Waals surface area (Å²) in [6.07, 6.45) is 0.691. The largest absolute Gasteiger partial charge is 0.508 e. The number of benzene rings is 3. The summed E-state index contributed by atoms with van der Waals surface area (Å²) in [5.74, 6) is -2.98. The summed E-state index contributed by atoms with van der Waals surface area (Å²) in [5.41, 5.74) is 0.531. The van der Waals surface area contributed by atoms with Gasteiger partial charge in [0, 0.05) is 29.2 Å². The number of aliphatic hydroxyl groups is 1. The number of nitrogens with zero attached hydrogens (tertiary/aromatic N) is 3. The van der Waals surface area contributed by atoms with E-state index in [1.165, 1.54) is 0 Å².